The van der Waals surface area contributed by atoms with Crippen molar-refractivity contribution < 1.29 is 9.59 Å². The van der Waals surface area contributed by atoms with Gasteiger partial charge in [-0.2, -0.15) is 11.8 Å². The van der Waals surface area contributed by atoms with Crippen molar-refractivity contribution in [3.8, 4) is 0 Å². The highest BCUT2D eigenvalue weighted by Gasteiger charge is 2.43. The van der Waals surface area contributed by atoms with E-state index >= 15 is 0 Å². The Bertz CT molecular complexity index is 313. The van der Waals surface area contributed by atoms with Gasteiger partial charge in [0.1, 0.15) is 5.54 Å². The van der Waals surface area contributed by atoms with Crippen LogP contribution in [-0.4, -0.2) is 40.4 Å². The highest BCUT2D eigenvalue weighted by Crippen LogP contribution is 2.16. The van der Waals surface area contributed by atoms with Crippen LogP contribution < -0.4 is 5.32 Å². The molecular weight excluding hydrogens is 224 g/mol. The van der Waals surface area contributed by atoms with Gasteiger partial charge in [-0.15, -0.1) is 0 Å². The zero-order valence-corrected chi connectivity index (χ0v) is 10.8. The van der Waals surface area contributed by atoms with E-state index in [1.807, 2.05) is 13.0 Å². The molecule has 0 aromatic heterocycles. The number of hydrogen-bond donors (Lipinski definition) is 1. The summed E-state index contributed by atoms with van der Waals surface area (Å²) in [6.45, 7) is 5.90. The number of imide groups is 1. The number of hydrogen-bond acceptors (Lipinski definition) is 3. The van der Waals surface area contributed by atoms with E-state index in [2.05, 4.69) is 11.4 Å². The van der Waals surface area contributed by atoms with E-state index in [1.54, 1.807) is 25.6 Å². The first-order chi connectivity index (χ1) is 7.49. The van der Waals surface area contributed by atoms with Crippen molar-refractivity contribution in [2.45, 2.75) is 26.3 Å². The summed E-state index contributed by atoms with van der Waals surface area (Å²) in [5, 5.41) is 2.66. The van der Waals surface area contributed by atoms with Crippen molar-refractivity contribution in [3.05, 3.63) is 12.2 Å². The fourth-order valence-corrected chi connectivity index (χ4v) is 2.23. The van der Waals surface area contributed by atoms with Gasteiger partial charge < -0.3 is 5.32 Å². The molecule has 90 valence electrons. The molecule has 0 unspecified atom stereocenters. The molecule has 0 atom stereocenters. The molecule has 0 spiro atoms. The van der Waals surface area contributed by atoms with E-state index in [1.165, 1.54) is 4.90 Å². The first kappa shape index (κ1) is 13.1. The number of amides is 3. The monoisotopic (exact) mass is 242 g/mol. The lowest BCUT2D eigenvalue weighted by molar-refractivity contribution is -0.130. The van der Waals surface area contributed by atoms with Crippen LogP contribution in [0, 0.1) is 0 Å². The molecule has 0 aromatic rings. The van der Waals surface area contributed by atoms with Crippen LogP contribution in [0.15, 0.2) is 12.2 Å². The average molecular weight is 242 g/mol. The van der Waals surface area contributed by atoms with E-state index in [9.17, 15) is 9.59 Å². The maximum absolute atomic E-state index is 11.8. The summed E-state index contributed by atoms with van der Waals surface area (Å²) >= 11 is 1.71. The van der Waals surface area contributed by atoms with E-state index in [-0.39, 0.29) is 11.9 Å². The first-order valence-electron chi connectivity index (χ1n) is 5.32. The van der Waals surface area contributed by atoms with Gasteiger partial charge in [-0.05, 0) is 20.8 Å². The first-order valence-corrected chi connectivity index (χ1v) is 6.47. The Labute approximate surface area is 100 Å². The van der Waals surface area contributed by atoms with Gasteiger partial charge in [0.15, 0.2) is 0 Å². The van der Waals surface area contributed by atoms with Gasteiger partial charge in [0.25, 0.3) is 5.91 Å². The number of allylic oxidation sites excluding steroid dienone is 1. The SMILES string of the molecule is C/C=C\CSCCN1C(=O)NC(C)(C)C1=O. The fraction of sp³-hybridized carbons (Fsp3) is 0.636. The molecule has 16 heavy (non-hydrogen) atoms. The molecule has 1 aliphatic rings. The average Bonchev–Trinajstić information content (AvgIpc) is 2.39. The Balaban J connectivity index is 2.38. The summed E-state index contributed by atoms with van der Waals surface area (Å²) in [6.07, 6.45) is 4.05. The fourth-order valence-electron chi connectivity index (χ4n) is 1.42. The van der Waals surface area contributed by atoms with Crippen molar-refractivity contribution in [1.29, 1.82) is 0 Å². The second kappa shape index (κ2) is 5.39. The zero-order valence-electron chi connectivity index (χ0n) is 9.95. The zero-order chi connectivity index (χ0) is 12.2. The number of nitrogens with zero attached hydrogens (tertiary/aromatic N) is 1. The van der Waals surface area contributed by atoms with E-state index in [4.69, 9.17) is 0 Å². The van der Waals surface area contributed by atoms with Crippen LogP contribution in [0.25, 0.3) is 0 Å². The number of carbonyl (C=O) groups is 2. The molecule has 0 aromatic carbocycles. The Kier molecular flexibility index (Phi) is 4.41. The predicted molar refractivity (Wildman–Crippen MR) is 66.5 cm³/mol. The summed E-state index contributed by atoms with van der Waals surface area (Å²) in [4.78, 5) is 24.6. The van der Waals surface area contributed by atoms with Gasteiger partial charge in [0.2, 0.25) is 0 Å². The quantitative estimate of drug-likeness (QED) is 0.453. The second-order valence-corrected chi connectivity index (χ2v) is 5.31. The molecule has 3 amide bonds. The maximum Gasteiger partial charge on any atom is 0.325 e. The molecule has 5 heteroatoms. The molecule has 4 nitrogen and oxygen atoms in total. The minimum absolute atomic E-state index is 0.135. The third-order valence-electron chi connectivity index (χ3n) is 2.35. The minimum atomic E-state index is -0.745. The van der Waals surface area contributed by atoms with Gasteiger partial charge in [0.05, 0.1) is 0 Å². The molecule has 0 aliphatic carbocycles. The third-order valence-corrected chi connectivity index (χ3v) is 3.25. The minimum Gasteiger partial charge on any atom is -0.324 e. The van der Waals surface area contributed by atoms with Gasteiger partial charge >= 0.3 is 6.03 Å². The number of rotatable bonds is 5. The van der Waals surface area contributed by atoms with Crippen LogP contribution in [-0.2, 0) is 4.79 Å². The topological polar surface area (TPSA) is 49.4 Å². The van der Waals surface area contributed by atoms with Crippen molar-refractivity contribution in [3.63, 3.8) is 0 Å². The third kappa shape index (κ3) is 3.01. The normalized spacial score (nSPS) is 19.6. The van der Waals surface area contributed by atoms with Crippen molar-refractivity contribution in [1.82, 2.24) is 10.2 Å². The Morgan fingerprint density at radius 3 is 2.62 bits per heavy atom. The second-order valence-electron chi connectivity index (χ2n) is 4.16. The van der Waals surface area contributed by atoms with Crippen molar-refractivity contribution in [2.75, 3.05) is 18.1 Å². The predicted octanol–water partition coefficient (Wildman–Crippen LogP) is 1.63. The van der Waals surface area contributed by atoms with E-state index in [0.29, 0.717) is 6.54 Å². The molecule has 1 fully saturated rings. The summed E-state index contributed by atoms with van der Waals surface area (Å²) < 4.78 is 0. The highest BCUT2D eigenvalue weighted by atomic mass is 32.2. The molecule has 1 rings (SSSR count). The molecule has 0 bridgehead atoms. The Hall–Kier alpha value is -0.970. The van der Waals surface area contributed by atoms with Crippen molar-refractivity contribution >= 4 is 23.7 Å². The van der Waals surface area contributed by atoms with Crippen LogP contribution in [0.1, 0.15) is 20.8 Å². The lowest BCUT2D eigenvalue weighted by Crippen LogP contribution is -2.40. The molecule has 1 saturated heterocycles. The van der Waals surface area contributed by atoms with E-state index in [0.717, 1.165) is 11.5 Å². The number of urea groups is 1. The standard InChI is InChI=1S/C11H18N2O2S/c1-4-5-7-16-8-6-13-9(14)11(2,3)12-10(13)15/h4-5H,6-8H2,1-3H3,(H,12,15)/b5-4-. The molecule has 1 aliphatic heterocycles. The van der Waals surface area contributed by atoms with Gasteiger partial charge in [-0.3, -0.25) is 9.69 Å². The summed E-state index contributed by atoms with van der Waals surface area (Å²) in [5.41, 5.74) is -0.745. The van der Waals surface area contributed by atoms with Gasteiger partial charge in [-0.25, -0.2) is 4.79 Å². The van der Waals surface area contributed by atoms with Crippen LogP contribution in [0.2, 0.25) is 0 Å². The number of thioether (sulfide) groups is 1. The van der Waals surface area contributed by atoms with Crippen molar-refractivity contribution in [2.24, 2.45) is 0 Å². The number of carbonyl (C=O) groups excluding carboxylic acids is 2. The molecule has 1 heterocycles. The summed E-state index contributed by atoms with van der Waals surface area (Å²) in [5.74, 6) is 1.56. The Morgan fingerprint density at radius 2 is 2.12 bits per heavy atom. The lowest BCUT2D eigenvalue weighted by Gasteiger charge is -2.15. The highest BCUT2D eigenvalue weighted by molar-refractivity contribution is 7.99. The number of nitrogens with one attached hydrogen (secondary N) is 1. The molecule has 1 N–H and O–H groups in total. The van der Waals surface area contributed by atoms with Crippen LogP contribution in [0.4, 0.5) is 4.79 Å². The summed E-state index contributed by atoms with van der Waals surface area (Å²) in [6, 6.07) is -0.276. The Morgan fingerprint density at radius 1 is 1.44 bits per heavy atom. The molecular formula is C11H18N2O2S. The van der Waals surface area contributed by atoms with Crippen LogP contribution >= 0.6 is 11.8 Å². The smallest absolute Gasteiger partial charge is 0.324 e. The van der Waals surface area contributed by atoms with Crippen LogP contribution in [0.3, 0.4) is 0 Å². The molecule has 0 saturated carbocycles. The van der Waals surface area contributed by atoms with Gasteiger partial charge in [0, 0.05) is 18.1 Å². The molecule has 0 radical (unpaired) electrons. The van der Waals surface area contributed by atoms with E-state index < -0.39 is 5.54 Å². The maximum atomic E-state index is 11.8. The van der Waals surface area contributed by atoms with Gasteiger partial charge in [-0.1, -0.05) is 12.2 Å². The summed E-state index contributed by atoms with van der Waals surface area (Å²) in [7, 11) is 0. The lowest BCUT2D eigenvalue weighted by atomic mass is 10.1. The largest absolute Gasteiger partial charge is 0.325 e. The van der Waals surface area contributed by atoms with Crippen LogP contribution in [0.5, 0.6) is 0 Å².